The molecule has 0 unspecified atom stereocenters. The van der Waals surface area contributed by atoms with E-state index in [9.17, 15) is 18.7 Å². The predicted molar refractivity (Wildman–Crippen MR) is 109 cm³/mol. The summed E-state index contributed by atoms with van der Waals surface area (Å²) in [6.07, 6.45) is 0. The average molecular weight is 397 g/mol. The van der Waals surface area contributed by atoms with Gasteiger partial charge in [-0.3, -0.25) is 4.79 Å². The minimum atomic E-state index is -0.956. The fourth-order valence-corrected chi connectivity index (χ4v) is 2.93. The van der Waals surface area contributed by atoms with Crippen molar-refractivity contribution in [3.63, 3.8) is 0 Å². The quantitative estimate of drug-likeness (QED) is 0.544. The molecule has 0 saturated carbocycles. The minimum Gasteiger partial charge on any atom is -0.507 e. The number of aromatic hydroxyl groups is 1. The third kappa shape index (κ3) is 4.87. The number of hydrogen-bond acceptors (Lipinski definition) is 4. The molecule has 0 fully saturated rings. The third-order valence-corrected chi connectivity index (χ3v) is 4.32. The highest BCUT2D eigenvalue weighted by Gasteiger charge is 2.15. The lowest BCUT2D eigenvalue weighted by Gasteiger charge is -2.13. The van der Waals surface area contributed by atoms with Crippen LogP contribution in [0.4, 0.5) is 14.6 Å². The smallest absolute Gasteiger partial charge is 0.216 e. The second-order valence-electron chi connectivity index (χ2n) is 6.66. The Bertz CT molecular complexity index is 1030. The summed E-state index contributed by atoms with van der Waals surface area (Å²) >= 11 is 0. The zero-order valence-corrected chi connectivity index (χ0v) is 16.1. The van der Waals surface area contributed by atoms with Gasteiger partial charge in [0.2, 0.25) is 5.91 Å². The Labute approximate surface area is 167 Å². The van der Waals surface area contributed by atoms with E-state index in [1.54, 1.807) is 30.3 Å². The first kappa shape index (κ1) is 20.3. The number of carbonyl (C=O) groups excluding carboxylic acids is 1. The summed E-state index contributed by atoms with van der Waals surface area (Å²) in [6, 6.07) is 12.3. The fraction of sp³-hybridized carbons (Fsp3) is 0.182. The van der Waals surface area contributed by atoms with Gasteiger partial charge in [-0.1, -0.05) is 23.8 Å². The van der Waals surface area contributed by atoms with Crippen molar-refractivity contribution < 1.29 is 18.7 Å². The SMILES string of the molecule is CC(=O)NCCNc1cc(-c2cccc(F)c2F)cc(-c2cc(C)ccc2O)n1. The maximum Gasteiger partial charge on any atom is 0.216 e. The van der Waals surface area contributed by atoms with E-state index in [-0.39, 0.29) is 17.2 Å². The Morgan fingerprint density at radius 2 is 1.86 bits per heavy atom. The molecule has 0 atom stereocenters. The Balaban J connectivity index is 2.05. The van der Waals surface area contributed by atoms with E-state index < -0.39 is 11.6 Å². The zero-order chi connectivity index (χ0) is 21.0. The van der Waals surface area contributed by atoms with Gasteiger partial charge in [-0.15, -0.1) is 0 Å². The molecule has 29 heavy (non-hydrogen) atoms. The van der Waals surface area contributed by atoms with Crippen LogP contribution in [0.25, 0.3) is 22.4 Å². The predicted octanol–water partition coefficient (Wildman–Crippen LogP) is 4.26. The number of hydrogen-bond donors (Lipinski definition) is 3. The Hall–Kier alpha value is -3.48. The van der Waals surface area contributed by atoms with Gasteiger partial charge in [0.15, 0.2) is 11.6 Å². The molecule has 2 aromatic carbocycles. The molecule has 150 valence electrons. The molecule has 3 N–H and O–H groups in total. The number of phenols is 1. The standard InChI is InChI=1S/C22H21F2N3O2/c1-13-6-7-20(29)17(10-13)19-11-15(16-4-3-5-18(23)22(16)24)12-21(27-19)26-9-8-25-14(2)28/h3-7,10-12,29H,8-9H2,1-2H3,(H,25,28)(H,26,27). The fourth-order valence-electron chi connectivity index (χ4n) is 2.93. The van der Waals surface area contributed by atoms with Gasteiger partial charge in [-0.05, 0) is 42.8 Å². The third-order valence-electron chi connectivity index (χ3n) is 4.32. The van der Waals surface area contributed by atoms with E-state index in [0.717, 1.165) is 11.6 Å². The number of halogens is 2. The highest BCUT2D eigenvalue weighted by atomic mass is 19.2. The van der Waals surface area contributed by atoms with Gasteiger partial charge in [-0.2, -0.15) is 0 Å². The first-order valence-electron chi connectivity index (χ1n) is 9.10. The van der Waals surface area contributed by atoms with Crippen molar-refractivity contribution in [3.05, 3.63) is 65.7 Å². The number of rotatable bonds is 6. The molecule has 1 heterocycles. The molecule has 0 bridgehead atoms. The molecule has 0 saturated heterocycles. The molecule has 3 aromatic rings. The van der Waals surface area contributed by atoms with Crippen LogP contribution in [0.15, 0.2) is 48.5 Å². The van der Waals surface area contributed by atoms with Crippen LogP contribution in [0.5, 0.6) is 5.75 Å². The number of aromatic nitrogens is 1. The molecule has 0 aliphatic rings. The van der Waals surface area contributed by atoms with Crippen LogP contribution in [-0.4, -0.2) is 29.1 Å². The summed E-state index contributed by atoms with van der Waals surface area (Å²) in [5.74, 6) is -1.61. The monoisotopic (exact) mass is 397 g/mol. The second-order valence-corrected chi connectivity index (χ2v) is 6.66. The van der Waals surface area contributed by atoms with Crippen molar-refractivity contribution in [2.24, 2.45) is 0 Å². The number of amides is 1. The highest BCUT2D eigenvalue weighted by Crippen LogP contribution is 2.34. The van der Waals surface area contributed by atoms with E-state index in [1.165, 1.54) is 19.1 Å². The second kappa shape index (κ2) is 8.68. The van der Waals surface area contributed by atoms with E-state index in [1.807, 2.05) is 6.92 Å². The summed E-state index contributed by atoms with van der Waals surface area (Å²) in [6.45, 7) is 4.07. The lowest BCUT2D eigenvalue weighted by atomic mass is 10.0. The summed E-state index contributed by atoms with van der Waals surface area (Å²) in [4.78, 5) is 15.5. The number of anilines is 1. The number of phenolic OH excluding ortho intramolecular Hbond substituents is 1. The van der Waals surface area contributed by atoms with Crippen molar-refractivity contribution >= 4 is 11.7 Å². The molecule has 5 nitrogen and oxygen atoms in total. The number of nitrogens with one attached hydrogen (secondary N) is 2. The van der Waals surface area contributed by atoms with Crippen molar-refractivity contribution in [2.45, 2.75) is 13.8 Å². The maximum absolute atomic E-state index is 14.4. The topological polar surface area (TPSA) is 74.2 Å². The first-order chi connectivity index (χ1) is 13.8. The van der Waals surface area contributed by atoms with Crippen molar-refractivity contribution in [2.75, 3.05) is 18.4 Å². The van der Waals surface area contributed by atoms with E-state index >= 15 is 0 Å². The van der Waals surface area contributed by atoms with Crippen LogP contribution in [0.2, 0.25) is 0 Å². The molecule has 7 heteroatoms. The van der Waals surface area contributed by atoms with E-state index in [4.69, 9.17) is 0 Å². The summed E-state index contributed by atoms with van der Waals surface area (Å²) < 4.78 is 28.1. The Morgan fingerprint density at radius 3 is 2.62 bits per heavy atom. The van der Waals surface area contributed by atoms with Crippen LogP contribution in [0.3, 0.4) is 0 Å². The van der Waals surface area contributed by atoms with Gasteiger partial charge >= 0.3 is 0 Å². The number of benzene rings is 2. The van der Waals surface area contributed by atoms with Crippen LogP contribution in [-0.2, 0) is 4.79 Å². The number of aryl methyl sites for hydroxylation is 1. The van der Waals surface area contributed by atoms with Gasteiger partial charge in [-0.25, -0.2) is 13.8 Å². The number of pyridine rings is 1. The maximum atomic E-state index is 14.4. The van der Waals surface area contributed by atoms with Gasteiger partial charge in [0.05, 0.1) is 5.69 Å². The highest BCUT2D eigenvalue weighted by molar-refractivity contribution is 5.77. The molecular formula is C22H21F2N3O2. The van der Waals surface area contributed by atoms with Gasteiger partial charge in [0.25, 0.3) is 0 Å². The number of nitrogens with zero attached hydrogens (tertiary/aromatic N) is 1. The van der Waals surface area contributed by atoms with E-state index in [2.05, 4.69) is 15.6 Å². The van der Waals surface area contributed by atoms with Gasteiger partial charge < -0.3 is 15.7 Å². The largest absolute Gasteiger partial charge is 0.507 e. The van der Waals surface area contributed by atoms with Crippen molar-refractivity contribution in [3.8, 4) is 28.1 Å². The summed E-state index contributed by atoms with van der Waals surface area (Å²) in [5, 5.41) is 16.0. The lowest BCUT2D eigenvalue weighted by Crippen LogP contribution is -2.26. The lowest BCUT2D eigenvalue weighted by molar-refractivity contribution is -0.118. The molecular weight excluding hydrogens is 376 g/mol. The molecule has 0 radical (unpaired) electrons. The Morgan fingerprint density at radius 1 is 1.07 bits per heavy atom. The summed E-state index contributed by atoms with van der Waals surface area (Å²) in [7, 11) is 0. The van der Waals surface area contributed by atoms with Crippen molar-refractivity contribution in [1.82, 2.24) is 10.3 Å². The minimum absolute atomic E-state index is 0.0316. The molecule has 0 aliphatic carbocycles. The van der Waals surface area contributed by atoms with Crippen LogP contribution >= 0.6 is 0 Å². The molecule has 1 aromatic heterocycles. The van der Waals surface area contributed by atoms with Crippen molar-refractivity contribution in [1.29, 1.82) is 0 Å². The Kier molecular flexibility index (Phi) is 6.07. The first-order valence-corrected chi connectivity index (χ1v) is 9.10. The molecule has 0 aliphatic heterocycles. The average Bonchev–Trinajstić information content (AvgIpc) is 2.69. The van der Waals surface area contributed by atoms with E-state index in [0.29, 0.717) is 35.7 Å². The van der Waals surface area contributed by atoms with Crippen LogP contribution in [0.1, 0.15) is 12.5 Å². The molecule has 3 rings (SSSR count). The molecule has 0 spiro atoms. The van der Waals surface area contributed by atoms with Crippen LogP contribution in [0, 0.1) is 18.6 Å². The normalized spacial score (nSPS) is 10.6. The summed E-state index contributed by atoms with van der Waals surface area (Å²) in [5.41, 5.74) is 2.31. The zero-order valence-electron chi connectivity index (χ0n) is 16.1. The van der Waals surface area contributed by atoms with Gasteiger partial charge in [0.1, 0.15) is 11.6 Å². The van der Waals surface area contributed by atoms with Gasteiger partial charge in [0, 0.05) is 31.1 Å². The van der Waals surface area contributed by atoms with Crippen LogP contribution < -0.4 is 10.6 Å². The molecule has 1 amide bonds. The number of carbonyl (C=O) groups is 1.